The monoisotopic (exact) mass is 448 g/mol. The van der Waals surface area contributed by atoms with Gasteiger partial charge in [-0.15, -0.1) is 11.3 Å². The molecule has 0 amide bonds. The molecule has 1 atom stereocenters. The van der Waals surface area contributed by atoms with Crippen molar-refractivity contribution in [2.24, 2.45) is 11.8 Å². The molecule has 5 heteroatoms. The average molecular weight is 449 g/mol. The van der Waals surface area contributed by atoms with Crippen LogP contribution in [0.25, 0.3) is 10.1 Å². The number of halogens is 2. The standard InChI is InChI=1S/C25H31F2OPS/c1-16(2)14-29(28,15-17(3)4)23(13-19-10-11-21(26)22(27)12-19)25-18(5)20-8-6-7-9-24(20)30-25/h6-12,16-17,23H,13-15H2,1-5H3. The second-order valence-corrected chi connectivity index (χ2v) is 13.5. The molecule has 0 aliphatic carbocycles. The first-order chi connectivity index (χ1) is 14.1. The number of rotatable bonds is 8. The van der Waals surface area contributed by atoms with Crippen molar-refractivity contribution in [3.05, 3.63) is 70.1 Å². The zero-order chi connectivity index (χ0) is 22.1. The van der Waals surface area contributed by atoms with Crippen molar-refractivity contribution in [1.29, 1.82) is 0 Å². The quantitative estimate of drug-likeness (QED) is 0.316. The van der Waals surface area contributed by atoms with Crippen LogP contribution >= 0.6 is 18.5 Å². The Hall–Kier alpha value is -1.51. The Bertz CT molecular complexity index is 1060. The number of fused-ring (bicyclic) bond motifs is 1. The Morgan fingerprint density at radius 2 is 1.57 bits per heavy atom. The van der Waals surface area contributed by atoms with Crippen molar-refractivity contribution >= 4 is 28.6 Å². The van der Waals surface area contributed by atoms with Crippen molar-refractivity contribution < 1.29 is 13.3 Å². The van der Waals surface area contributed by atoms with Gasteiger partial charge in [0.25, 0.3) is 0 Å². The number of hydrogen-bond donors (Lipinski definition) is 0. The number of hydrogen-bond acceptors (Lipinski definition) is 2. The predicted octanol–water partition coefficient (Wildman–Crippen LogP) is 8.45. The van der Waals surface area contributed by atoms with Crippen molar-refractivity contribution in [1.82, 2.24) is 0 Å². The van der Waals surface area contributed by atoms with Gasteiger partial charge in [-0.1, -0.05) is 52.0 Å². The summed E-state index contributed by atoms with van der Waals surface area (Å²) in [5, 5.41) is 1.19. The molecule has 0 fully saturated rings. The molecule has 1 nitrogen and oxygen atoms in total. The van der Waals surface area contributed by atoms with Crippen LogP contribution in [-0.2, 0) is 11.0 Å². The van der Waals surface area contributed by atoms with Gasteiger partial charge in [0.05, 0.1) is 12.8 Å². The van der Waals surface area contributed by atoms with Crippen molar-refractivity contribution in [2.75, 3.05) is 12.3 Å². The Labute approximate surface area is 182 Å². The molecule has 162 valence electrons. The molecule has 3 rings (SSSR count). The third kappa shape index (κ3) is 5.03. The van der Waals surface area contributed by atoms with E-state index >= 15 is 0 Å². The molecule has 30 heavy (non-hydrogen) atoms. The van der Waals surface area contributed by atoms with Crippen LogP contribution in [0, 0.1) is 30.4 Å². The lowest BCUT2D eigenvalue weighted by Crippen LogP contribution is -2.15. The second-order valence-electron chi connectivity index (χ2n) is 9.16. The third-order valence-corrected chi connectivity index (χ3v) is 11.3. The molecule has 1 aromatic heterocycles. The number of aryl methyl sites for hydroxylation is 1. The normalized spacial score (nSPS) is 13.5. The van der Waals surface area contributed by atoms with Crippen LogP contribution in [-0.4, -0.2) is 12.3 Å². The first-order valence-electron chi connectivity index (χ1n) is 10.6. The number of thiophene rings is 1. The lowest BCUT2D eigenvalue weighted by molar-refractivity contribution is 0.506. The second kappa shape index (κ2) is 9.32. The first-order valence-corrected chi connectivity index (χ1v) is 13.6. The van der Waals surface area contributed by atoms with E-state index in [1.54, 1.807) is 17.4 Å². The Morgan fingerprint density at radius 3 is 2.13 bits per heavy atom. The summed E-state index contributed by atoms with van der Waals surface area (Å²) >= 11 is 1.70. The van der Waals surface area contributed by atoms with E-state index in [1.165, 1.54) is 22.2 Å². The first kappa shape index (κ1) is 23.2. The van der Waals surface area contributed by atoms with E-state index in [0.29, 0.717) is 36.1 Å². The van der Waals surface area contributed by atoms with Crippen LogP contribution in [0.2, 0.25) is 0 Å². The topological polar surface area (TPSA) is 17.1 Å². The molecule has 0 aliphatic heterocycles. The molecular formula is C25H31F2OPS. The fraction of sp³-hybridized carbons (Fsp3) is 0.440. The predicted molar refractivity (Wildman–Crippen MR) is 126 cm³/mol. The molecule has 0 N–H and O–H groups in total. The van der Waals surface area contributed by atoms with Crippen LogP contribution in [0.3, 0.4) is 0 Å². The Balaban J connectivity index is 2.16. The average Bonchev–Trinajstić information content (AvgIpc) is 2.98. The highest BCUT2D eigenvalue weighted by molar-refractivity contribution is 7.64. The molecule has 0 saturated heterocycles. The molecule has 0 spiro atoms. The molecule has 1 heterocycles. The number of benzene rings is 2. The summed E-state index contributed by atoms with van der Waals surface area (Å²) < 4.78 is 43.2. The highest BCUT2D eigenvalue weighted by Gasteiger charge is 2.37. The van der Waals surface area contributed by atoms with Gasteiger partial charge in [-0.25, -0.2) is 8.78 Å². The minimum absolute atomic E-state index is 0.190. The lowest BCUT2D eigenvalue weighted by atomic mass is 10.0. The van der Waals surface area contributed by atoms with E-state index in [4.69, 9.17) is 0 Å². The minimum atomic E-state index is -2.64. The van der Waals surface area contributed by atoms with E-state index in [9.17, 15) is 13.3 Å². The third-order valence-electron chi connectivity index (χ3n) is 5.51. The van der Waals surface area contributed by atoms with E-state index in [-0.39, 0.29) is 5.66 Å². The van der Waals surface area contributed by atoms with E-state index in [1.807, 2.05) is 12.1 Å². The molecule has 0 saturated carbocycles. The molecule has 3 aromatic rings. The molecule has 0 radical (unpaired) electrons. The highest BCUT2D eigenvalue weighted by Crippen LogP contribution is 2.64. The lowest BCUT2D eigenvalue weighted by Gasteiger charge is -2.31. The van der Waals surface area contributed by atoms with Crippen molar-refractivity contribution in [3.63, 3.8) is 0 Å². The minimum Gasteiger partial charge on any atom is -0.323 e. The van der Waals surface area contributed by atoms with Crippen LogP contribution in [0.4, 0.5) is 8.78 Å². The van der Waals surface area contributed by atoms with E-state index in [2.05, 4.69) is 46.8 Å². The molecule has 0 aliphatic rings. The molecule has 0 bridgehead atoms. The fourth-order valence-electron chi connectivity index (χ4n) is 4.44. The van der Waals surface area contributed by atoms with Gasteiger partial charge in [0.15, 0.2) is 11.6 Å². The van der Waals surface area contributed by atoms with Gasteiger partial charge in [-0.3, -0.25) is 0 Å². The largest absolute Gasteiger partial charge is 0.323 e. The summed E-state index contributed by atoms with van der Waals surface area (Å²) in [4.78, 5) is 1.13. The zero-order valence-electron chi connectivity index (χ0n) is 18.4. The van der Waals surface area contributed by atoms with Gasteiger partial charge in [-0.05, 0) is 59.9 Å². The van der Waals surface area contributed by atoms with Gasteiger partial charge < -0.3 is 4.57 Å². The van der Waals surface area contributed by atoms with Crippen LogP contribution in [0.15, 0.2) is 42.5 Å². The van der Waals surface area contributed by atoms with Crippen LogP contribution in [0.5, 0.6) is 0 Å². The summed E-state index contributed by atoms with van der Waals surface area (Å²) in [6.07, 6.45) is 1.78. The Morgan fingerprint density at radius 1 is 0.933 bits per heavy atom. The van der Waals surface area contributed by atoms with Crippen LogP contribution < -0.4 is 0 Å². The van der Waals surface area contributed by atoms with E-state index in [0.717, 1.165) is 10.4 Å². The van der Waals surface area contributed by atoms with Gasteiger partial charge >= 0.3 is 0 Å². The fourth-order valence-corrected chi connectivity index (χ4v) is 10.7. The van der Waals surface area contributed by atoms with Gasteiger partial charge in [0, 0.05) is 21.9 Å². The zero-order valence-corrected chi connectivity index (χ0v) is 20.1. The summed E-state index contributed by atoms with van der Waals surface area (Å²) in [6, 6.07) is 12.3. The van der Waals surface area contributed by atoms with Crippen molar-refractivity contribution in [3.8, 4) is 0 Å². The van der Waals surface area contributed by atoms with E-state index < -0.39 is 18.8 Å². The molecule has 1 unspecified atom stereocenters. The summed E-state index contributed by atoms with van der Waals surface area (Å²) in [5.74, 6) is -1.09. The molecular weight excluding hydrogens is 417 g/mol. The summed E-state index contributed by atoms with van der Waals surface area (Å²) in [7, 11) is -2.64. The Kier molecular flexibility index (Phi) is 7.20. The maximum absolute atomic E-state index is 14.6. The summed E-state index contributed by atoms with van der Waals surface area (Å²) in [5.41, 5.74) is 1.67. The maximum atomic E-state index is 14.6. The highest BCUT2D eigenvalue weighted by atomic mass is 32.1. The maximum Gasteiger partial charge on any atom is 0.159 e. The van der Waals surface area contributed by atoms with Gasteiger partial charge in [0.2, 0.25) is 0 Å². The van der Waals surface area contributed by atoms with Crippen molar-refractivity contribution in [2.45, 2.75) is 46.7 Å². The molecule has 2 aromatic carbocycles. The van der Waals surface area contributed by atoms with Gasteiger partial charge in [-0.2, -0.15) is 0 Å². The van der Waals surface area contributed by atoms with Gasteiger partial charge in [0.1, 0.15) is 0 Å². The smallest absolute Gasteiger partial charge is 0.159 e. The SMILES string of the molecule is Cc1c(C(Cc2ccc(F)c(F)c2)P(=O)(CC(C)C)CC(C)C)sc2ccccc12. The summed E-state index contributed by atoms with van der Waals surface area (Å²) in [6.45, 7) is 10.5. The van der Waals surface area contributed by atoms with Crippen LogP contribution in [0.1, 0.15) is 49.4 Å².